The minimum Gasteiger partial charge on any atom is -0.480 e. The molecular weight excluding hydrogens is 158 g/mol. The van der Waals surface area contributed by atoms with Crippen LogP contribution >= 0.6 is 0 Å². The van der Waals surface area contributed by atoms with Crippen molar-refractivity contribution in [2.75, 3.05) is 7.05 Å². The predicted octanol–water partition coefficient (Wildman–Crippen LogP) is -0.0588. The van der Waals surface area contributed by atoms with Crippen LogP contribution in [0.5, 0.6) is 0 Å². The Bertz CT molecular complexity index is 250. The monoisotopic (exact) mass is 169 g/mol. The number of hydrogen-bond acceptors (Lipinski definition) is 2. The van der Waals surface area contributed by atoms with E-state index in [0.717, 1.165) is 4.90 Å². The number of likely N-dealkylation sites (N-methyl/N-ethyl adjacent to an activating group) is 1. The summed E-state index contributed by atoms with van der Waals surface area (Å²) >= 11 is 0. The number of rotatable bonds is 2. The average molecular weight is 169 g/mol. The van der Waals surface area contributed by atoms with E-state index in [1.54, 1.807) is 0 Å². The van der Waals surface area contributed by atoms with Crippen LogP contribution in [0.1, 0.15) is 13.8 Å². The summed E-state index contributed by atoms with van der Waals surface area (Å²) < 4.78 is 0. The first kappa shape index (κ1) is 10.5. The number of carboxylic acids is 1. The molecule has 66 valence electrons. The molecule has 0 heterocycles. The van der Waals surface area contributed by atoms with Gasteiger partial charge in [-0.15, -0.1) is 6.42 Å². The SMILES string of the molecule is C#CC(=O)N(C)C(C)(C)C(=O)O. The van der Waals surface area contributed by atoms with Crippen molar-refractivity contribution in [3.63, 3.8) is 0 Å². The average Bonchev–Trinajstić information content (AvgIpc) is 2.01. The Balaban J connectivity index is 4.71. The molecule has 12 heavy (non-hydrogen) atoms. The van der Waals surface area contributed by atoms with E-state index < -0.39 is 17.4 Å². The molecule has 4 nitrogen and oxygen atoms in total. The van der Waals surface area contributed by atoms with Crippen molar-refractivity contribution in [2.45, 2.75) is 19.4 Å². The lowest BCUT2D eigenvalue weighted by atomic mass is 10.0. The molecule has 0 aliphatic heterocycles. The topological polar surface area (TPSA) is 57.6 Å². The van der Waals surface area contributed by atoms with Gasteiger partial charge in [-0.1, -0.05) is 0 Å². The Hall–Kier alpha value is -1.50. The molecule has 1 amide bonds. The van der Waals surface area contributed by atoms with Gasteiger partial charge >= 0.3 is 5.97 Å². The zero-order chi connectivity index (χ0) is 9.94. The lowest BCUT2D eigenvalue weighted by Crippen LogP contribution is -2.50. The summed E-state index contributed by atoms with van der Waals surface area (Å²) in [5, 5.41) is 8.69. The van der Waals surface area contributed by atoms with E-state index in [1.165, 1.54) is 20.9 Å². The molecule has 0 atom stereocenters. The molecule has 4 heteroatoms. The minimum absolute atomic E-state index is 0.637. The second kappa shape index (κ2) is 3.26. The highest BCUT2D eigenvalue weighted by Crippen LogP contribution is 2.11. The second-order valence-electron chi connectivity index (χ2n) is 2.87. The van der Waals surface area contributed by atoms with E-state index in [2.05, 4.69) is 0 Å². The predicted molar refractivity (Wildman–Crippen MR) is 43.3 cm³/mol. The molecule has 0 saturated carbocycles. The first-order chi connectivity index (χ1) is 5.34. The minimum atomic E-state index is -1.26. The quantitative estimate of drug-likeness (QED) is 0.589. The fraction of sp³-hybridized carbons (Fsp3) is 0.500. The molecule has 0 rings (SSSR count). The molecule has 0 unspecified atom stereocenters. The zero-order valence-corrected chi connectivity index (χ0v) is 7.29. The summed E-state index contributed by atoms with van der Waals surface area (Å²) in [6.07, 6.45) is 4.84. The number of hydrogen-bond donors (Lipinski definition) is 1. The zero-order valence-electron chi connectivity index (χ0n) is 7.29. The maximum Gasteiger partial charge on any atom is 0.329 e. The third kappa shape index (κ3) is 1.76. The van der Waals surface area contributed by atoms with Gasteiger partial charge in [-0.05, 0) is 19.8 Å². The maximum absolute atomic E-state index is 10.9. The second-order valence-corrected chi connectivity index (χ2v) is 2.87. The standard InChI is InChI=1S/C8H11NO3/c1-5-6(10)9(4)8(2,3)7(11)12/h1H,2-4H3,(H,11,12). The van der Waals surface area contributed by atoms with Crippen LogP contribution in [0.25, 0.3) is 0 Å². The van der Waals surface area contributed by atoms with E-state index in [9.17, 15) is 9.59 Å². The molecule has 0 spiro atoms. The van der Waals surface area contributed by atoms with Gasteiger partial charge in [0.15, 0.2) is 0 Å². The van der Waals surface area contributed by atoms with Crippen molar-refractivity contribution in [3.8, 4) is 12.3 Å². The number of amides is 1. The van der Waals surface area contributed by atoms with Crippen LogP contribution in [0.3, 0.4) is 0 Å². The van der Waals surface area contributed by atoms with Crippen LogP contribution < -0.4 is 0 Å². The van der Waals surface area contributed by atoms with Gasteiger partial charge in [-0.25, -0.2) is 4.79 Å². The van der Waals surface area contributed by atoms with Gasteiger partial charge in [0.05, 0.1) is 0 Å². The molecule has 0 aromatic rings. The lowest BCUT2D eigenvalue weighted by Gasteiger charge is -2.29. The number of terminal acetylenes is 1. The molecule has 0 fully saturated rings. The normalized spacial score (nSPS) is 10.2. The van der Waals surface area contributed by atoms with Gasteiger partial charge in [0.2, 0.25) is 0 Å². The van der Waals surface area contributed by atoms with E-state index in [0.29, 0.717) is 0 Å². The van der Waals surface area contributed by atoms with Gasteiger partial charge in [-0.3, -0.25) is 4.79 Å². The number of carboxylic acid groups (broad SMARTS) is 1. The highest BCUT2D eigenvalue weighted by molar-refractivity contribution is 5.96. The summed E-state index contributed by atoms with van der Waals surface area (Å²) in [4.78, 5) is 22.5. The third-order valence-electron chi connectivity index (χ3n) is 1.79. The summed E-state index contributed by atoms with van der Waals surface area (Å²) in [5.74, 6) is 0.123. The van der Waals surface area contributed by atoms with Crippen molar-refractivity contribution in [3.05, 3.63) is 0 Å². The van der Waals surface area contributed by atoms with Crippen LogP contribution in [0.15, 0.2) is 0 Å². The van der Waals surface area contributed by atoms with Gasteiger partial charge in [0, 0.05) is 7.05 Å². The Morgan fingerprint density at radius 3 is 2.17 bits per heavy atom. The molecule has 0 aromatic heterocycles. The summed E-state index contributed by atoms with van der Waals surface area (Å²) in [5.41, 5.74) is -1.26. The first-order valence-corrected chi connectivity index (χ1v) is 3.31. The largest absolute Gasteiger partial charge is 0.480 e. The van der Waals surface area contributed by atoms with E-state index in [4.69, 9.17) is 11.5 Å². The van der Waals surface area contributed by atoms with Crippen LogP contribution in [-0.4, -0.2) is 34.5 Å². The number of carbonyl (C=O) groups is 2. The van der Waals surface area contributed by atoms with Crippen LogP contribution in [0.2, 0.25) is 0 Å². The van der Waals surface area contributed by atoms with Gasteiger partial charge in [-0.2, -0.15) is 0 Å². The first-order valence-electron chi connectivity index (χ1n) is 3.31. The van der Waals surface area contributed by atoms with Crippen LogP contribution in [-0.2, 0) is 9.59 Å². The van der Waals surface area contributed by atoms with E-state index in [1.807, 2.05) is 5.92 Å². The number of aliphatic carboxylic acids is 1. The van der Waals surface area contributed by atoms with Crippen molar-refractivity contribution >= 4 is 11.9 Å². The molecule has 0 aliphatic rings. The fourth-order valence-corrected chi connectivity index (χ4v) is 0.494. The molecule has 0 aromatic carbocycles. The Kier molecular flexibility index (Phi) is 2.86. The summed E-state index contributed by atoms with van der Waals surface area (Å²) in [6.45, 7) is 2.81. The van der Waals surface area contributed by atoms with Crippen molar-refractivity contribution in [1.29, 1.82) is 0 Å². The highest BCUT2D eigenvalue weighted by atomic mass is 16.4. The lowest BCUT2D eigenvalue weighted by molar-refractivity contribution is -0.153. The van der Waals surface area contributed by atoms with Gasteiger partial charge in [0.1, 0.15) is 5.54 Å². The molecule has 1 N–H and O–H groups in total. The molecule has 0 aliphatic carbocycles. The van der Waals surface area contributed by atoms with E-state index in [-0.39, 0.29) is 0 Å². The molecule has 0 saturated heterocycles. The van der Waals surface area contributed by atoms with Crippen molar-refractivity contribution < 1.29 is 14.7 Å². The fourth-order valence-electron chi connectivity index (χ4n) is 0.494. The smallest absolute Gasteiger partial charge is 0.329 e. The van der Waals surface area contributed by atoms with Crippen molar-refractivity contribution in [1.82, 2.24) is 4.90 Å². The van der Waals surface area contributed by atoms with Crippen LogP contribution in [0.4, 0.5) is 0 Å². The Labute approximate surface area is 71.2 Å². The van der Waals surface area contributed by atoms with Gasteiger partial charge < -0.3 is 10.0 Å². The molecular formula is C8H11NO3. The Morgan fingerprint density at radius 1 is 1.50 bits per heavy atom. The summed E-state index contributed by atoms with van der Waals surface area (Å²) in [6, 6.07) is 0. The third-order valence-corrected chi connectivity index (χ3v) is 1.79. The van der Waals surface area contributed by atoms with Gasteiger partial charge in [0.25, 0.3) is 5.91 Å². The van der Waals surface area contributed by atoms with Crippen molar-refractivity contribution in [2.24, 2.45) is 0 Å². The van der Waals surface area contributed by atoms with Crippen LogP contribution in [0, 0.1) is 12.3 Å². The number of carbonyl (C=O) groups excluding carboxylic acids is 1. The number of nitrogens with zero attached hydrogens (tertiary/aromatic N) is 1. The molecule has 0 radical (unpaired) electrons. The Morgan fingerprint density at radius 2 is 1.92 bits per heavy atom. The highest BCUT2D eigenvalue weighted by Gasteiger charge is 2.34. The molecule has 0 bridgehead atoms. The summed E-state index contributed by atoms with van der Waals surface area (Å²) in [7, 11) is 1.36. The maximum atomic E-state index is 10.9. The van der Waals surface area contributed by atoms with E-state index >= 15 is 0 Å².